The van der Waals surface area contributed by atoms with Crippen LogP contribution < -0.4 is 21.3 Å². The Balaban J connectivity index is 2.09. The van der Waals surface area contributed by atoms with Gasteiger partial charge in [0.05, 0.1) is 24.9 Å². The van der Waals surface area contributed by atoms with E-state index in [9.17, 15) is 5.26 Å². The lowest BCUT2D eigenvalue weighted by atomic mass is 9.89. The number of hydrogen-bond acceptors (Lipinski definition) is 7. The normalized spacial score (nSPS) is 15.0. The molecular formula is C18H21N5O2. The second-order valence-corrected chi connectivity index (χ2v) is 6.48. The van der Waals surface area contributed by atoms with E-state index in [1.165, 1.54) is 0 Å². The average molecular weight is 339 g/mol. The van der Waals surface area contributed by atoms with Gasteiger partial charge in [0, 0.05) is 23.7 Å². The minimum atomic E-state index is -0.348. The maximum Gasteiger partial charge on any atom is 0.151 e. The van der Waals surface area contributed by atoms with Crippen molar-refractivity contribution in [2.24, 2.45) is 5.84 Å². The number of benzene rings is 1. The number of hydrogen-bond donors (Lipinski definition) is 3. The molecule has 0 unspecified atom stereocenters. The third-order valence-corrected chi connectivity index (χ3v) is 4.20. The minimum Gasteiger partial charge on any atom is -0.497 e. The number of nitrogens with one attached hydrogen (secondary N) is 2. The zero-order chi connectivity index (χ0) is 18.0. The highest BCUT2D eigenvalue weighted by molar-refractivity contribution is 5.70. The highest BCUT2D eigenvalue weighted by Gasteiger charge is 2.31. The van der Waals surface area contributed by atoms with Crippen LogP contribution in [0.1, 0.15) is 30.5 Å². The molecule has 1 aliphatic rings. The SMILES string of the molecule is COc1cccc(Nc2nc(NN)c3c(c2C#N)CC(C)(C)OC3)c1. The highest BCUT2D eigenvalue weighted by Crippen LogP contribution is 2.36. The lowest BCUT2D eigenvalue weighted by molar-refractivity contribution is -0.0399. The van der Waals surface area contributed by atoms with Crippen molar-refractivity contribution >= 4 is 17.3 Å². The first-order valence-corrected chi connectivity index (χ1v) is 7.95. The summed E-state index contributed by atoms with van der Waals surface area (Å²) >= 11 is 0. The molecule has 3 rings (SSSR count). The Labute approximate surface area is 146 Å². The largest absolute Gasteiger partial charge is 0.497 e. The predicted molar refractivity (Wildman–Crippen MR) is 95.6 cm³/mol. The van der Waals surface area contributed by atoms with Gasteiger partial charge in [0.2, 0.25) is 0 Å². The van der Waals surface area contributed by atoms with Gasteiger partial charge in [-0.05, 0) is 31.5 Å². The maximum absolute atomic E-state index is 9.74. The molecule has 0 atom stereocenters. The van der Waals surface area contributed by atoms with Crippen molar-refractivity contribution in [1.82, 2.24) is 4.98 Å². The number of nitrogens with two attached hydrogens (primary N) is 1. The van der Waals surface area contributed by atoms with Crippen molar-refractivity contribution in [3.05, 3.63) is 41.0 Å². The number of ether oxygens (including phenoxy) is 2. The van der Waals surface area contributed by atoms with Gasteiger partial charge in [-0.3, -0.25) is 0 Å². The smallest absolute Gasteiger partial charge is 0.151 e. The number of nitrogens with zero attached hydrogens (tertiary/aromatic N) is 2. The molecule has 0 saturated carbocycles. The van der Waals surface area contributed by atoms with E-state index in [1.807, 2.05) is 38.1 Å². The van der Waals surface area contributed by atoms with Crippen molar-refractivity contribution < 1.29 is 9.47 Å². The predicted octanol–water partition coefficient (Wildman–Crippen LogP) is 2.84. The quantitative estimate of drug-likeness (QED) is 0.581. The molecule has 7 heteroatoms. The molecule has 0 radical (unpaired) electrons. The summed E-state index contributed by atoms with van der Waals surface area (Å²) in [5, 5.41) is 12.9. The van der Waals surface area contributed by atoms with E-state index in [0.29, 0.717) is 36.0 Å². The third kappa shape index (κ3) is 3.36. The fourth-order valence-corrected chi connectivity index (χ4v) is 2.93. The summed E-state index contributed by atoms with van der Waals surface area (Å²) in [6.07, 6.45) is 0.606. The number of anilines is 3. The Bertz CT molecular complexity index is 842. The fraction of sp³-hybridized carbons (Fsp3) is 0.333. The summed E-state index contributed by atoms with van der Waals surface area (Å²) in [6, 6.07) is 9.72. The summed E-state index contributed by atoms with van der Waals surface area (Å²) in [5.41, 5.74) is 5.29. The van der Waals surface area contributed by atoms with Gasteiger partial charge in [-0.25, -0.2) is 10.8 Å². The Morgan fingerprint density at radius 3 is 2.80 bits per heavy atom. The highest BCUT2D eigenvalue weighted by atomic mass is 16.5. The maximum atomic E-state index is 9.74. The van der Waals surface area contributed by atoms with E-state index in [-0.39, 0.29) is 5.60 Å². The second kappa shape index (κ2) is 6.59. The number of hydrazine groups is 1. The van der Waals surface area contributed by atoms with Crippen LogP contribution in [0.4, 0.5) is 17.3 Å². The standard InChI is InChI=1S/C18H21N5O2/c1-18(2)8-13-14(9-19)16(22-17(23-20)15(13)10-25-18)21-11-5-4-6-12(7-11)24-3/h4-7H,8,10,20H2,1-3H3,(H2,21,22,23). The Morgan fingerprint density at radius 1 is 1.32 bits per heavy atom. The molecule has 1 aromatic carbocycles. The molecule has 130 valence electrons. The van der Waals surface area contributed by atoms with Gasteiger partial charge in [0.15, 0.2) is 5.82 Å². The summed E-state index contributed by atoms with van der Waals surface area (Å²) in [4.78, 5) is 4.48. The molecular weight excluding hydrogens is 318 g/mol. The fourth-order valence-electron chi connectivity index (χ4n) is 2.93. The Kier molecular flexibility index (Phi) is 4.49. The number of aromatic nitrogens is 1. The Hall–Kier alpha value is -2.82. The van der Waals surface area contributed by atoms with E-state index < -0.39 is 0 Å². The van der Waals surface area contributed by atoms with Gasteiger partial charge in [0.25, 0.3) is 0 Å². The van der Waals surface area contributed by atoms with Gasteiger partial charge in [-0.1, -0.05) is 6.07 Å². The third-order valence-electron chi connectivity index (χ3n) is 4.20. The number of pyridine rings is 1. The first-order valence-electron chi connectivity index (χ1n) is 7.95. The molecule has 0 bridgehead atoms. The topological polar surface area (TPSA) is 105 Å². The van der Waals surface area contributed by atoms with Crippen molar-refractivity contribution in [3.63, 3.8) is 0 Å². The van der Waals surface area contributed by atoms with Gasteiger partial charge >= 0.3 is 0 Å². The number of fused-ring (bicyclic) bond motifs is 1. The lowest BCUT2D eigenvalue weighted by Crippen LogP contribution is -2.33. The first-order chi connectivity index (χ1) is 12.0. The minimum absolute atomic E-state index is 0.348. The molecule has 0 aliphatic carbocycles. The summed E-state index contributed by atoms with van der Waals surface area (Å²) in [7, 11) is 1.61. The monoisotopic (exact) mass is 339 g/mol. The van der Waals surface area contributed by atoms with E-state index in [2.05, 4.69) is 21.8 Å². The van der Waals surface area contributed by atoms with Crippen LogP contribution >= 0.6 is 0 Å². The van der Waals surface area contributed by atoms with E-state index >= 15 is 0 Å². The molecule has 4 N–H and O–H groups in total. The van der Waals surface area contributed by atoms with Crippen LogP contribution in [0.25, 0.3) is 0 Å². The molecule has 1 aliphatic heterocycles. The number of rotatable bonds is 4. The van der Waals surface area contributed by atoms with Crippen molar-refractivity contribution in [3.8, 4) is 11.8 Å². The molecule has 2 aromatic rings. The zero-order valence-electron chi connectivity index (χ0n) is 14.5. The van der Waals surface area contributed by atoms with Crippen LogP contribution in [0.15, 0.2) is 24.3 Å². The van der Waals surface area contributed by atoms with Gasteiger partial charge in [-0.2, -0.15) is 5.26 Å². The molecule has 0 amide bonds. The number of methoxy groups -OCH3 is 1. The summed E-state index contributed by atoms with van der Waals surface area (Å²) in [5.74, 6) is 7.33. The van der Waals surface area contributed by atoms with Crippen LogP contribution in [0, 0.1) is 11.3 Å². The second-order valence-electron chi connectivity index (χ2n) is 6.48. The number of nitriles is 1. The van der Waals surface area contributed by atoms with Crippen LogP contribution in [0.3, 0.4) is 0 Å². The van der Waals surface area contributed by atoms with Gasteiger partial charge in [0.1, 0.15) is 17.6 Å². The lowest BCUT2D eigenvalue weighted by Gasteiger charge is -2.33. The van der Waals surface area contributed by atoms with Crippen molar-refractivity contribution in [2.45, 2.75) is 32.5 Å². The van der Waals surface area contributed by atoms with E-state index in [0.717, 1.165) is 16.8 Å². The molecule has 1 aromatic heterocycles. The van der Waals surface area contributed by atoms with Crippen LogP contribution in [-0.2, 0) is 17.8 Å². The molecule has 25 heavy (non-hydrogen) atoms. The molecule has 7 nitrogen and oxygen atoms in total. The van der Waals surface area contributed by atoms with Crippen molar-refractivity contribution in [1.29, 1.82) is 5.26 Å². The summed E-state index contributed by atoms with van der Waals surface area (Å²) < 4.78 is 11.1. The zero-order valence-corrected chi connectivity index (χ0v) is 14.5. The van der Waals surface area contributed by atoms with Crippen LogP contribution in [0.2, 0.25) is 0 Å². The van der Waals surface area contributed by atoms with Crippen molar-refractivity contribution in [2.75, 3.05) is 17.9 Å². The molecule has 2 heterocycles. The molecule has 0 spiro atoms. The molecule has 0 fully saturated rings. The Morgan fingerprint density at radius 2 is 2.12 bits per heavy atom. The average Bonchev–Trinajstić information content (AvgIpc) is 2.60. The van der Waals surface area contributed by atoms with E-state index in [4.69, 9.17) is 15.3 Å². The van der Waals surface area contributed by atoms with Gasteiger partial charge < -0.3 is 20.2 Å². The van der Waals surface area contributed by atoms with E-state index in [1.54, 1.807) is 7.11 Å². The van der Waals surface area contributed by atoms with Crippen LogP contribution in [0.5, 0.6) is 5.75 Å². The van der Waals surface area contributed by atoms with Gasteiger partial charge in [-0.15, -0.1) is 0 Å². The number of nitrogen functional groups attached to an aromatic ring is 1. The summed E-state index contributed by atoms with van der Waals surface area (Å²) in [6.45, 7) is 4.37. The first kappa shape index (κ1) is 17.0. The molecule has 0 saturated heterocycles. The van der Waals surface area contributed by atoms with Crippen LogP contribution in [-0.4, -0.2) is 17.7 Å².